The lowest BCUT2D eigenvalue weighted by molar-refractivity contribution is -0.133. The van der Waals surface area contributed by atoms with Crippen LogP contribution >= 0.6 is 0 Å². The molecule has 4 saturated carbocycles. The van der Waals surface area contributed by atoms with E-state index < -0.39 is 5.60 Å². The largest absolute Gasteiger partial charge is 0.390 e. The van der Waals surface area contributed by atoms with Crippen molar-refractivity contribution in [3.05, 3.63) is 30.5 Å². The maximum absolute atomic E-state index is 13.6. The lowest BCUT2D eigenvalue weighted by Crippen LogP contribution is -2.51. The van der Waals surface area contributed by atoms with Gasteiger partial charge >= 0.3 is 0 Å². The Morgan fingerprint density at radius 1 is 1.06 bits per heavy atom. The van der Waals surface area contributed by atoms with Crippen LogP contribution in [-0.4, -0.2) is 26.3 Å². The van der Waals surface area contributed by atoms with Crippen LogP contribution in [0, 0.1) is 40.9 Å². The molecule has 0 bridgehead atoms. The second-order valence-corrected chi connectivity index (χ2v) is 12.3. The van der Waals surface area contributed by atoms with Gasteiger partial charge in [-0.05, 0) is 105 Å². The van der Waals surface area contributed by atoms with Crippen molar-refractivity contribution in [3.63, 3.8) is 0 Å². The predicted molar refractivity (Wildman–Crippen MR) is 131 cm³/mol. The molecule has 4 nitrogen and oxygen atoms in total. The number of hydrogen-bond donors (Lipinski definition) is 1. The Kier molecular flexibility index (Phi) is 5.25. The van der Waals surface area contributed by atoms with Gasteiger partial charge in [0.2, 0.25) is 0 Å². The van der Waals surface area contributed by atoms with Crippen molar-refractivity contribution in [3.8, 4) is 0 Å². The summed E-state index contributed by atoms with van der Waals surface area (Å²) in [5.41, 5.74) is 0.732. The molecule has 0 aliphatic heterocycles. The molecule has 4 fully saturated rings. The Morgan fingerprint density at radius 2 is 1.88 bits per heavy atom. The molecule has 0 saturated heterocycles. The zero-order valence-corrected chi connectivity index (χ0v) is 20.4. The average molecular weight is 449 g/mol. The van der Waals surface area contributed by atoms with E-state index in [1.807, 2.05) is 29.1 Å². The normalized spacial score (nSPS) is 42.5. The second-order valence-electron chi connectivity index (χ2n) is 12.3. The van der Waals surface area contributed by atoms with E-state index in [1.54, 1.807) is 0 Å². The molecule has 178 valence electrons. The Morgan fingerprint density at radius 3 is 2.70 bits per heavy atom. The van der Waals surface area contributed by atoms with Crippen LogP contribution in [0.1, 0.15) is 78.1 Å². The van der Waals surface area contributed by atoms with Crippen LogP contribution < -0.4 is 0 Å². The Hall–Kier alpha value is -1.68. The molecular weight excluding hydrogens is 408 g/mol. The minimum Gasteiger partial charge on any atom is -0.390 e. The van der Waals surface area contributed by atoms with Crippen LogP contribution in [0.5, 0.6) is 0 Å². The summed E-state index contributed by atoms with van der Waals surface area (Å²) >= 11 is 0. The van der Waals surface area contributed by atoms with Crippen LogP contribution in [-0.2, 0) is 11.3 Å². The number of aromatic nitrogens is 2. The highest BCUT2D eigenvalue weighted by molar-refractivity contribution is 5.83. The maximum atomic E-state index is 13.6. The van der Waals surface area contributed by atoms with E-state index in [2.05, 4.69) is 25.0 Å². The molecule has 0 unspecified atom stereocenters. The molecule has 0 radical (unpaired) electrons. The van der Waals surface area contributed by atoms with Gasteiger partial charge in [0.25, 0.3) is 0 Å². The van der Waals surface area contributed by atoms with Crippen molar-refractivity contribution in [2.75, 3.05) is 0 Å². The summed E-state index contributed by atoms with van der Waals surface area (Å²) in [6.45, 7) is 5.02. The van der Waals surface area contributed by atoms with Crippen LogP contribution in [0.3, 0.4) is 0 Å². The van der Waals surface area contributed by atoms with Crippen molar-refractivity contribution in [1.29, 1.82) is 0 Å². The fourth-order valence-corrected chi connectivity index (χ4v) is 9.18. The van der Waals surface area contributed by atoms with Crippen molar-refractivity contribution >= 4 is 16.7 Å². The summed E-state index contributed by atoms with van der Waals surface area (Å²) in [6.07, 6.45) is 13.6. The van der Waals surface area contributed by atoms with E-state index in [0.717, 1.165) is 60.3 Å². The smallest absolute Gasteiger partial charge is 0.157 e. The van der Waals surface area contributed by atoms with E-state index in [-0.39, 0.29) is 11.3 Å². The number of nitrogens with zero attached hydrogens (tertiary/aromatic N) is 2. The fourth-order valence-electron chi connectivity index (χ4n) is 9.18. The number of fused-ring (bicyclic) bond motifs is 6. The number of benzene rings is 1. The molecule has 1 aromatic carbocycles. The van der Waals surface area contributed by atoms with Crippen molar-refractivity contribution in [1.82, 2.24) is 9.78 Å². The fraction of sp³-hybridized carbons (Fsp3) is 0.724. The Bertz CT molecular complexity index is 1010. The zero-order chi connectivity index (χ0) is 22.8. The van der Waals surface area contributed by atoms with Crippen LogP contribution in [0.4, 0.5) is 0 Å². The highest BCUT2D eigenvalue weighted by atomic mass is 16.3. The van der Waals surface area contributed by atoms with Gasteiger partial charge in [-0.15, -0.1) is 0 Å². The molecule has 6 rings (SSSR count). The lowest BCUT2D eigenvalue weighted by Gasteiger charge is -2.57. The van der Waals surface area contributed by atoms with Gasteiger partial charge in [-0.3, -0.25) is 9.48 Å². The molecule has 33 heavy (non-hydrogen) atoms. The van der Waals surface area contributed by atoms with Gasteiger partial charge < -0.3 is 5.11 Å². The van der Waals surface area contributed by atoms with Gasteiger partial charge in [-0.2, -0.15) is 5.10 Å². The Labute approximate surface area is 198 Å². The van der Waals surface area contributed by atoms with Gasteiger partial charge in [-0.1, -0.05) is 32.0 Å². The van der Waals surface area contributed by atoms with E-state index >= 15 is 0 Å². The molecule has 2 aromatic rings. The molecule has 0 spiro atoms. The first-order chi connectivity index (χ1) is 15.9. The Balaban J connectivity index is 1.17. The number of carbonyl (C=O) groups excluding carboxylic acids is 1. The van der Waals surface area contributed by atoms with E-state index in [4.69, 9.17) is 0 Å². The van der Waals surface area contributed by atoms with Gasteiger partial charge in [0, 0.05) is 17.5 Å². The highest BCUT2D eigenvalue weighted by Gasteiger charge is 2.58. The van der Waals surface area contributed by atoms with Crippen LogP contribution in [0.15, 0.2) is 30.5 Å². The zero-order valence-electron chi connectivity index (χ0n) is 20.4. The molecule has 1 N–H and O–H groups in total. The SMILES string of the molecule is CC[C@@]1(O)CC[C@H]2[C@H](CC[C@@H]3[C@@H]2CC[C@]2(C)[C@@H](C(=O)Cn4cc5ccccc5n4)CC[C@@H]32)C1. The lowest BCUT2D eigenvalue weighted by atomic mass is 9.48. The first-order valence-corrected chi connectivity index (χ1v) is 13.6. The summed E-state index contributed by atoms with van der Waals surface area (Å²) in [5.74, 6) is 4.44. The molecule has 4 aliphatic carbocycles. The molecular formula is C29H40N2O2. The molecule has 1 aromatic heterocycles. The van der Waals surface area contributed by atoms with Gasteiger partial charge in [0.05, 0.1) is 17.7 Å². The van der Waals surface area contributed by atoms with E-state index in [1.165, 1.54) is 38.5 Å². The number of carbonyl (C=O) groups is 1. The van der Waals surface area contributed by atoms with Crippen molar-refractivity contribution in [2.24, 2.45) is 40.9 Å². The first-order valence-electron chi connectivity index (χ1n) is 13.6. The summed E-state index contributed by atoms with van der Waals surface area (Å²) in [6, 6.07) is 8.13. The summed E-state index contributed by atoms with van der Waals surface area (Å²) < 4.78 is 1.87. The van der Waals surface area contributed by atoms with Gasteiger partial charge in [-0.25, -0.2) is 0 Å². The van der Waals surface area contributed by atoms with Gasteiger partial charge in [0.15, 0.2) is 5.78 Å². The number of aliphatic hydroxyl groups is 1. The highest BCUT2D eigenvalue weighted by Crippen LogP contribution is 2.64. The molecule has 4 heteroatoms. The minimum absolute atomic E-state index is 0.163. The third-order valence-corrected chi connectivity index (χ3v) is 10.9. The summed E-state index contributed by atoms with van der Waals surface area (Å²) in [4.78, 5) is 13.6. The maximum Gasteiger partial charge on any atom is 0.157 e. The van der Waals surface area contributed by atoms with Crippen LogP contribution in [0.2, 0.25) is 0 Å². The molecule has 8 atom stereocenters. The number of ketones is 1. The first kappa shape index (κ1) is 21.8. The van der Waals surface area contributed by atoms with Gasteiger partial charge in [0.1, 0.15) is 0 Å². The molecule has 4 aliphatic rings. The van der Waals surface area contributed by atoms with Crippen LogP contribution in [0.25, 0.3) is 10.9 Å². The standard InChI is InChI=1S/C29H40N2O2/c1-3-29(33)15-13-21-19(16-29)8-9-23-22(21)12-14-28(2)24(23)10-11-25(28)27(32)18-31-17-20-6-4-5-7-26(20)30-31/h4-7,17,19,21-25,33H,3,8-16,18H2,1-2H3/t19-,21+,22-,23-,24+,25-,28+,29-/m1/s1. The number of Topliss-reactive ketones (excluding diaryl/α,β-unsaturated/α-hetero) is 1. The predicted octanol–water partition coefficient (Wildman–Crippen LogP) is 6.02. The third kappa shape index (κ3) is 3.50. The number of rotatable bonds is 4. The number of hydrogen-bond acceptors (Lipinski definition) is 3. The average Bonchev–Trinajstić information content (AvgIpc) is 3.38. The third-order valence-electron chi connectivity index (χ3n) is 10.9. The second kappa shape index (κ2) is 7.93. The summed E-state index contributed by atoms with van der Waals surface area (Å²) in [5, 5.41) is 16.7. The topological polar surface area (TPSA) is 55.1 Å². The molecule has 1 heterocycles. The van der Waals surface area contributed by atoms with E-state index in [9.17, 15) is 9.90 Å². The summed E-state index contributed by atoms with van der Waals surface area (Å²) in [7, 11) is 0. The van der Waals surface area contributed by atoms with Crippen molar-refractivity contribution in [2.45, 2.75) is 90.2 Å². The minimum atomic E-state index is -0.403. The monoisotopic (exact) mass is 448 g/mol. The van der Waals surface area contributed by atoms with E-state index in [0.29, 0.717) is 18.2 Å². The van der Waals surface area contributed by atoms with Crippen molar-refractivity contribution < 1.29 is 9.90 Å². The quantitative estimate of drug-likeness (QED) is 0.623. The molecule has 0 amide bonds.